The van der Waals surface area contributed by atoms with Crippen molar-refractivity contribution in [1.82, 2.24) is 15.2 Å². The van der Waals surface area contributed by atoms with Crippen LogP contribution in [0.25, 0.3) is 5.70 Å². The quantitative estimate of drug-likeness (QED) is 0.621. The van der Waals surface area contributed by atoms with Gasteiger partial charge in [-0.2, -0.15) is 13.2 Å². The molecule has 0 spiro atoms. The number of carbonyl (C=O) groups excluding carboxylic acids is 1. The van der Waals surface area contributed by atoms with Gasteiger partial charge in [0.1, 0.15) is 5.71 Å². The van der Waals surface area contributed by atoms with Crippen LogP contribution in [0, 0.1) is 0 Å². The van der Waals surface area contributed by atoms with Crippen molar-refractivity contribution in [2.75, 3.05) is 5.32 Å². The van der Waals surface area contributed by atoms with Crippen molar-refractivity contribution < 1.29 is 18.0 Å². The molecule has 152 valence electrons. The van der Waals surface area contributed by atoms with E-state index in [9.17, 15) is 18.0 Å². The summed E-state index contributed by atoms with van der Waals surface area (Å²) in [5.41, 5.74) is 5.05. The number of hydrogen-bond donors (Lipinski definition) is 2. The van der Waals surface area contributed by atoms with E-state index in [0.29, 0.717) is 17.2 Å². The van der Waals surface area contributed by atoms with Crippen molar-refractivity contribution in [2.45, 2.75) is 6.18 Å². The summed E-state index contributed by atoms with van der Waals surface area (Å²) in [6, 6.07) is 13.9. The van der Waals surface area contributed by atoms with Gasteiger partial charge in [-0.1, -0.05) is 18.2 Å². The van der Waals surface area contributed by atoms with Crippen molar-refractivity contribution >= 4 is 29.0 Å². The van der Waals surface area contributed by atoms with Crippen LogP contribution in [0.3, 0.4) is 0 Å². The van der Waals surface area contributed by atoms with Crippen molar-refractivity contribution in [3.8, 4) is 0 Å². The Hall–Kier alpha value is -4.08. The predicted molar refractivity (Wildman–Crippen MR) is 106 cm³/mol. The second-order valence-electron chi connectivity index (χ2n) is 5.93. The van der Waals surface area contributed by atoms with Crippen LogP contribution >= 0.6 is 0 Å². The third-order valence-electron chi connectivity index (χ3n) is 3.74. The highest BCUT2D eigenvalue weighted by Gasteiger charge is 2.34. The third-order valence-corrected chi connectivity index (χ3v) is 3.74. The summed E-state index contributed by atoms with van der Waals surface area (Å²) < 4.78 is 40.1. The van der Waals surface area contributed by atoms with E-state index in [1.54, 1.807) is 36.4 Å². The average molecular weight is 412 g/mol. The van der Waals surface area contributed by atoms with Crippen LogP contribution in [0.15, 0.2) is 78.1 Å². The summed E-state index contributed by atoms with van der Waals surface area (Å²) in [5.74, 6) is -0.652. The molecule has 0 atom stereocenters. The summed E-state index contributed by atoms with van der Waals surface area (Å²) in [5, 5.41) is 9.82. The minimum atomic E-state index is -4.77. The minimum absolute atomic E-state index is 0.0711. The van der Waals surface area contributed by atoms with Crippen LogP contribution in [0.4, 0.5) is 24.8 Å². The molecule has 0 saturated carbocycles. The van der Waals surface area contributed by atoms with E-state index in [0.717, 1.165) is 0 Å². The zero-order valence-electron chi connectivity index (χ0n) is 15.3. The Morgan fingerprint density at radius 1 is 1.00 bits per heavy atom. The molecule has 2 heterocycles. The number of carbonyl (C=O) groups is 1. The van der Waals surface area contributed by atoms with Crippen LogP contribution in [0.1, 0.15) is 15.9 Å². The topological polar surface area (TPSA) is 106 Å². The molecule has 3 rings (SSSR count). The number of nitrogens with zero attached hydrogens (tertiary/aromatic N) is 4. The number of alkyl halides is 3. The van der Waals surface area contributed by atoms with Crippen LogP contribution in [-0.2, 0) is 0 Å². The average Bonchev–Trinajstić information content (AvgIpc) is 2.75. The number of rotatable bonds is 5. The fourth-order valence-corrected chi connectivity index (χ4v) is 2.29. The first-order chi connectivity index (χ1) is 14.3. The second-order valence-corrected chi connectivity index (χ2v) is 5.93. The van der Waals surface area contributed by atoms with E-state index < -0.39 is 17.8 Å². The van der Waals surface area contributed by atoms with E-state index in [1.165, 1.54) is 30.6 Å². The molecule has 0 saturated heterocycles. The molecule has 1 aromatic carbocycles. The van der Waals surface area contributed by atoms with Crippen LogP contribution in [0.5, 0.6) is 0 Å². The van der Waals surface area contributed by atoms with Gasteiger partial charge in [-0.3, -0.25) is 9.78 Å². The maximum absolute atomic E-state index is 13.4. The normalized spacial score (nSPS) is 12.5. The van der Waals surface area contributed by atoms with Crippen LogP contribution in [-0.4, -0.2) is 33.0 Å². The predicted octanol–water partition coefficient (Wildman–Crippen LogP) is 3.76. The maximum atomic E-state index is 13.4. The molecule has 0 fully saturated rings. The van der Waals surface area contributed by atoms with Crippen molar-refractivity contribution in [2.24, 2.45) is 10.7 Å². The first-order valence-electron chi connectivity index (χ1n) is 8.56. The lowest BCUT2D eigenvalue weighted by Crippen LogP contribution is -2.22. The molecule has 0 radical (unpaired) electrons. The first-order valence-corrected chi connectivity index (χ1v) is 8.56. The summed E-state index contributed by atoms with van der Waals surface area (Å²) >= 11 is 0. The van der Waals surface area contributed by atoms with Gasteiger partial charge in [0.25, 0.3) is 5.91 Å². The molecule has 0 aliphatic rings. The number of aromatic nitrogens is 3. The molecular weight excluding hydrogens is 397 g/mol. The summed E-state index contributed by atoms with van der Waals surface area (Å²) in [6.07, 6.45) is -1.26. The standard InChI is InChI=1S/C20H15F3N6O/c21-20(22,23)16(11-15(24)14-7-4-10-25-12-14)26-17-8-9-18(29-28-17)27-19(30)13-5-2-1-3-6-13/h1-12H,24H2,(H,27,29,30). The molecule has 0 unspecified atom stereocenters. The molecule has 3 N–H and O–H groups in total. The molecule has 0 aliphatic heterocycles. The number of hydrogen-bond acceptors (Lipinski definition) is 6. The summed E-state index contributed by atoms with van der Waals surface area (Å²) in [6.45, 7) is 0. The van der Waals surface area contributed by atoms with Gasteiger partial charge in [0, 0.05) is 29.2 Å². The molecular formula is C20H15F3N6O. The molecule has 10 heteroatoms. The van der Waals surface area contributed by atoms with Gasteiger partial charge in [0.05, 0.1) is 0 Å². The fourth-order valence-electron chi connectivity index (χ4n) is 2.29. The highest BCUT2D eigenvalue weighted by Crippen LogP contribution is 2.23. The smallest absolute Gasteiger partial charge is 0.398 e. The number of pyridine rings is 1. The first kappa shape index (κ1) is 20.6. The van der Waals surface area contributed by atoms with Crippen LogP contribution < -0.4 is 11.1 Å². The summed E-state index contributed by atoms with van der Waals surface area (Å²) in [7, 11) is 0. The molecule has 0 bridgehead atoms. The third kappa shape index (κ3) is 5.47. The highest BCUT2D eigenvalue weighted by atomic mass is 19.4. The zero-order chi connectivity index (χ0) is 21.6. The Balaban J connectivity index is 1.81. The van der Waals surface area contributed by atoms with E-state index >= 15 is 0 Å². The Bertz CT molecular complexity index is 1070. The highest BCUT2D eigenvalue weighted by molar-refractivity contribution is 6.05. The van der Waals surface area contributed by atoms with Gasteiger partial charge in [-0.15, -0.1) is 10.2 Å². The van der Waals surface area contributed by atoms with E-state index in [1.807, 2.05) is 0 Å². The second kappa shape index (κ2) is 8.95. The number of anilines is 1. The van der Waals surface area contributed by atoms with Gasteiger partial charge >= 0.3 is 6.18 Å². The number of halogens is 3. The molecule has 7 nitrogen and oxygen atoms in total. The van der Waals surface area contributed by atoms with Crippen molar-refractivity contribution in [1.29, 1.82) is 0 Å². The Labute approximate surface area is 169 Å². The molecule has 2 aromatic heterocycles. The Morgan fingerprint density at radius 3 is 2.33 bits per heavy atom. The fraction of sp³-hybridized carbons (Fsp3) is 0.0500. The van der Waals surface area contributed by atoms with E-state index in [4.69, 9.17) is 5.73 Å². The van der Waals surface area contributed by atoms with Gasteiger partial charge in [0.15, 0.2) is 11.6 Å². The number of amides is 1. The number of benzene rings is 1. The lowest BCUT2D eigenvalue weighted by Gasteiger charge is -2.08. The molecule has 0 aliphatic carbocycles. The number of nitrogens with two attached hydrogens (primary N) is 1. The molecule has 3 aromatic rings. The minimum Gasteiger partial charge on any atom is -0.398 e. The van der Waals surface area contributed by atoms with Crippen LogP contribution in [0.2, 0.25) is 0 Å². The largest absolute Gasteiger partial charge is 0.433 e. The number of nitrogens with one attached hydrogen (secondary N) is 1. The zero-order valence-corrected chi connectivity index (χ0v) is 15.3. The molecule has 30 heavy (non-hydrogen) atoms. The Morgan fingerprint density at radius 2 is 1.73 bits per heavy atom. The van der Waals surface area contributed by atoms with Gasteiger partial charge < -0.3 is 11.1 Å². The lowest BCUT2D eigenvalue weighted by atomic mass is 10.2. The van der Waals surface area contributed by atoms with E-state index in [-0.39, 0.29) is 17.3 Å². The summed E-state index contributed by atoms with van der Waals surface area (Å²) in [4.78, 5) is 19.4. The van der Waals surface area contributed by atoms with Crippen molar-refractivity contribution in [3.05, 3.63) is 84.2 Å². The van der Waals surface area contributed by atoms with Gasteiger partial charge in [0.2, 0.25) is 0 Å². The van der Waals surface area contributed by atoms with Gasteiger partial charge in [-0.25, -0.2) is 4.99 Å². The monoisotopic (exact) mass is 412 g/mol. The molecule has 1 amide bonds. The SMILES string of the molecule is NC(=CC(=Nc1ccc(NC(=O)c2ccccc2)nn1)C(F)(F)F)c1cccnc1. The number of aliphatic imine (C=N–C) groups is 1. The van der Waals surface area contributed by atoms with E-state index in [2.05, 4.69) is 25.5 Å². The maximum Gasteiger partial charge on any atom is 0.433 e. The van der Waals surface area contributed by atoms with Crippen molar-refractivity contribution in [3.63, 3.8) is 0 Å². The number of allylic oxidation sites excluding steroid dienone is 1. The van der Waals surface area contributed by atoms with Gasteiger partial charge in [-0.05, 0) is 42.5 Å². The Kier molecular flexibility index (Phi) is 6.16. The lowest BCUT2D eigenvalue weighted by molar-refractivity contribution is -0.0576.